The Morgan fingerprint density at radius 1 is 1.16 bits per heavy atom. The van der Waals surface area contributed by atoms with Crippen LogP contribution in [0.5, 0.6) is 0 Å². The first-order chi connectivity index (χ1) is 8.90. The molecule has 0 atom stereocenters. The van der Waals surface area contributed by atoms with E-state index in [1.54, 1.807) is 18.2 Å². The number of benzene rings is 2. The summed E-state index contributed by atoms with van der Waals surface area (Å²) in [4.78, 5) is -0.356. The van der Waals surface area contributed by atoms with Crippen LogP contribution in [-0.4, -0.2) is 8.42 Å². The van der Waals surface area contributed by atoms with Gasteiger partial charge in [0, 0.05) is 9.26 Å². The minimum atomic E-state index is -3.90. The smallest absolute Gasteiger partial charge is 0.264 e. The van der Waals surface area contributed by atoms with E-state index < -0.39 is 15.8 Å². The van der Waals surface area contributed by atoms with Crippen LogP contribution in [0.1, 0.15) is 5.56 Å². The molecule has 2 aromatic carbocycles. The maximum absolute atomic E-state index is 13.5. The van der Waals surface area contributed by atoms with Gasteiger partial charge in [0.15, 0.2) is 0 Å². The van der Waals surface area contributed by atoms with Crippen molar-refractivity contribution in [1.29, 1.82) is 0 Å². The van der Waals surface area contributed by atoms with E-state index in [2.05, 4.69) is 27.3 Å². The van der Waals surface area contributed by atoms with E-state index in [0.29, 0.717) is 5.69 Å². The van der Waals surface area contributed by atoms with Gasteiger partial charge in [0.2, 0.25) is 0 Å². The molecule has 0 bridgehead atoms. The second kappa shape index (κ2) is 5.46. The Balaban J connectivity index is 2.37. The average Bonchev–Trinajstić information content (AvgIpc) is 2.34. The second-order valence-corrected chi connectivity index (χ2v) is 6.81. The van der Waals surface area contributed by atoms with Crippen LogP contribution < -0.4 is 4.72 Å². The van der Waals surface area contributed by atoms with E-state index in [0.717, 1.165) is 15.2 Å². The highest BCUT2D eigenvalue weighted by molar-refractivity contribution is 14.1. The van der Waals surface area contributed by atoms with Gasteiger partial charge in [-0.25, -0.2) is 12.8 Å². The normalized spacial score (nSPS) is 11.3. The van der Waals surface area contributed by atoms with Gasteiger partial charge in [0.05, 0.1) is 0 Å². The summed E-state index contributed by atoms with van der Waals surface area (Å²) in [6.45, 7) is 1.93. The van der Waals surface area contributed by atoms with Gasteiger partial charge < -0.3 is 0 Å². The maximum Gasteiger partial charge on any atom is 0.264 e. The van der Waals surface area contributed by atoms with Crippen molar-refractivity contribution in [3.05, 3.63) is 57.4 Å². The molecule has 0 aromatic heterocycles. The number of aryl methyl sites for hydroxylation is 1. The summed E-state index contributed by atoms with van der Waals surface area (Å²) in [5.74, 6) is -0.767. The Hall–Kier alpha value is -1.15. The number of nitrogens with one attached hydrogen (secondary N) is 1. The maximum atomic E-state index is 13.5. The summed E-state index contributed by atoms with van der Waals surface area (Å²) in [5, 5.41) is 0. The molecule has 0 saturated carbocycles. The number of anilines is 1. The highest BCUT2D eigenvalue weighted by atomic mass is 127. The van der Waals surface area contributed by atoms with Crippen LogP contribution in [0.15, 0.2) is 47.4 Å². The molecule has 0 heterocycles. The first kappa shape index (κ1) is 14.3. The number of halogens is 2. The lowest BCUT2D eigenvalue weighted by Gasteiger charge is -2.09. The molecule has 0 aliphatic rings. The molecule has 19 heavy (non-hydrogen) atoms. The predicted molar refractivity (Wildman–Crippen MR) is 81.1 cm³/mol. The average molecular weight is 391 g/mol. The fourth-order valence-electron chi connectivity index (χ4n) is 1.53. The van der Waals surface area contributed by atoms with Crippen LogP contribution in [0, 0.1) is 16.3 Å². The molecule has 3 nitrogen and oxygen atoms in total. The Bertz CT molecular complexity index is 716. The largest absolute Gasteiger partial charge is 0.280 e. The summed E-state index contributed by atoms with van der Waals surface area (Å²) >= 11 is 2.11. The fourth-order valence-corrected chi connectivity index (χ4v) is 3.17. The van der Waals surface area contributed by atoms with Crippen molar-refractivity contribution in [3.8, 4) is 0 Å². The number of rotatable bonds is 3. The Morgan fingerprint density at radius 2 is 1.84 bits per heavy atom. The lowest BCUT2D eigenvalue weighted by atomic mass is 10.2. The summed E-state index contributed by atoms with van der Waals surface area (Å²) in [6, 6.07) is 10.4. The monoisotopic (exact) mass is 391 g/mol. The molecule has 6 heteroatoms. The van der Waals surface area contributed by atoms with Gasteiger partial charge in [0.1, 0.15) is 10.7 Å². The minimum absolute atomic E-state index is 0.356. The lowest BCUT2D eigenvalue weighted by Crippen LogP contribution is -2.14. The minimum Gasteiger partial charge on any atom is -0.280 e. The highest BCUT2D eigenvalue weighted by Gasteiger charge is 2.18. The predicted octanol–water partition coefficient (Wildman–Crippen LogP) is 3.54. The number of hydrogen-bond donors (Lipinski definition) is 1. The summed E-state index contributed by atoms with van der Waals surface area (Å²) in [6.07, 6.45) is 0. The van der Waals surface area contributed by atoms with Crippen LogP contribution in [0.25, 0.3) is 0 Å². The van der Waals surface area contributed by atoms with Gasteiger partial charge in [-0.1, -0.05) is 18.2 Å². The van der Waals surface area contributed by atoms with Crippen molar-refractivity contribution in [3.63, 3.8) is 0 Å². The van der Waals surface area contributed by atoms with E-state index in [1.165, 1.54) is 18.2 Å². The first-order valence-corrected chi connectivity index (χ1v) is 8.00. The van der Waals surface area contributed by atoms with Crippen LogP contribution >= 0.6 is 22.6 Å². The first-order valence-electron chi connectivity index (χ1n) is 5.43. The second-order valence-electron chi connectivity index (χ2n) is 4.00. The molecular formula is C13H11FINO2S. The molecule has 0 radical (unpaired) electrons. The number of sulfonamides is 1. The molecule has 0 amide bonds. The molecule has 0 saturated heterocycles. The van der Waals surface area contributed by atoms with Crippen LogP contribution in [0.3, 0.4) is 0 Å². The van der Waals surface area contributed by atoms with Crippen LogP contribution in [0.4, 0.5) is 10.1 Å². The summed E-state index contributed by atoms with van der Waals surface area (Å²) in [7, 11) is -3.90. The molecule has 1 N–H and O–H groups in total. The lowest BCUT2D eigenvalue weighted by molar-refractivity contribution is 0.570. The van der Waals surface area contributed by atoms with Gasteiger partial charge in [-0.15, -0.1) is 0 Å². The van der Waals surface area contributed by atoms with E-state index in [-0.39, 0.29) is 4.90 Å². The summed E-state index contributed by atoms with van der Waals surface area (Å²) in [5.41, 5.74) is 1.47. The van der Waals surface area contributed by atoms with Crippen molar-refractivity contribution in [2.24, 2.45) is 0 Å². The zero-order valence-corrected chi connectivity index (χ0v) is 13.0. The van der Waals surface area contributed by atoms with E-state index >= 15 is 0 Å². The molecule has 2 rings (SSSR count). The van der Waals surface area contributed by atoms with Crippen molar-refractivity contribution in [2.45, 2.75) is 11.8 Å². The zero-order valence-electron chi connectivity index (χ0n) is 10.0. The molecule has 0 aliphatic carbocycles. The Kier molecular flexibility index (Phi) is 4.10. The summed E-state index contributed by atoms with van der Waals surface area (Å²) < 4.78 is 40.9. The van der Waals surface area contributed by atoms with Gasteiger partial charge in [-0.05, 0) is 59.3 Å². The third-order valence-corrected chi connectivity index (χ3v) is 5.13. The number of hydrogen-bond acceptors (Lipinski definition) is 2. The Morgan fingerprint density at radius 3 is 2.47 bits per heavy atom. The van der Waals surface area contributed by atoms with Crippen LogP contribution in [-0.2, 0) is 10.0 Å². The molecule has 0 unspecified atom stereocenters. The van der Waals surface area contributed by atoms with Gasteiger partial charge >= 0.3 is 0 Å². The van der Waals surface area contributed by atoms with Crippen molar-refractivity contribution >= 4 is 38.3 Å². The molecule has 2 aromatic rings. The SMILES string of the molecule is Cc1ccc(NS(=O)(=O)c2ccccc2F)cc1I. The van der Waals surface area contributed by atoms with Crippen LogP contribution in [0.2, 0.25) is 0 Å². The Labute approximate surface area is 125 Å². The quantitative estimate of drug-likeness (QED) is 0.814. The van der Waals surface area contributed by atoms with E-state index in [1.807, 2.05) is 6.92 Å². The third kappa shape index (κ3) is 3.24. The van der Waals surface area contributed by atoms with E-state index in [9.17, 15) is 12.8 Å². The molecular weight excluding hydrogens is 380 g/mol. The van der Waals surface area contributed by atoms with Gasteiger partial charge in [0.25, 0.3) is 10.0 Å². The van der Waals surface area contributed by atoms with Crippen molar-refractivity contribution in [2.75, 3.05) is 4.72 Å². The molecule has 100 valence electrons. The van der Waals surface area contributed by atoms with E-state index in [4.69, 9.17) is 0 Å². The fraction of sp³-hybridized carbons (Fsp3) is 0.0769. The van der Waals surface area contributed by atoms with Gasteiger partial charge in [-0.3, -0.25) is 4.72 Å². The van der Waals surface area contributed by atoms with Gasteiger partial charge in [-0.2, -0.15) is 0 Å². The molecule has 0 aliphatic heterocycles. The molecule has 0 spiro atoms. The van der Waals surface area contributed by atoms with Crippen molar-refractivity contribution < 1.29 is 12.8 Å². The highest BCUT2D eigenvalue weighted by Crippen LogP contribution is 2.21. The van der Waals surface area contributed by atoms with Crippen molar-refractivity contribution in [1.82, 2.24) is 0 Å². The molecule has 0 fully saturated rings. The topological polar surface area (TPSA) is 46.2 Å². The third-order valence-electron chi connectivity index (χ3n) is 2.55. The zero-order chi connectivity index (χ0) is 14.0. The standard InChI is InChI=1S/C13H11FINO2S/c1-9-6-7-10(8-12(9)15)16-19(17,18)13-5-3-2-4-11(13)14/h2-8,16H,1H3.